The van der Waals surface area contributed by atoms with Gasteiger partial charge in [0.2, 0.25) is 5.91 Å². The summed E-state index contributed by atoms with van der Waals surface area (Å²) in [7, 11) is 0. The quantitative estimate of drug-likeness (QED) is 0.501. The molecule has 58 valence electrons. The van der Waals surface area contributed by atoms with Crippen molar-refractivity contribution < 1.29 is 4.79 Å². The number of nitrogens with one attached hydrogen (secondary N) is 2. The predicted molar refractivity (Wildman–Crippen MR) is 39.7 cm³/mol. The number of amides is 1. The Balaban J connectivity index is 2.30. The van der Waals surface area contributed by atoms with Gasteiger partial charge in [0.25, 0.3) is 0 Å². The molecule has 1 fully saturated rings. The highest BCUT2D eigenvalue weighted by molar-refractivity contribution is 5.85. The lowest BCUT2D eigenvalue weighted by molar-refractivity contribution is -0.121. The molecule has 1 aliphatic heterocycles. The third-order valence-electron chi connectivity index (χ3n) is 1.22. The van der Waals surface area contributed by atoms with Gasteiger partial charge in [0.1, 0.15) is 0 Å². The molecule has 0 spiro atoms. The van der Waals surface area contributed by atoms with E-state index in [1.165, 1.54) is 0 Å². The average Bonchev–Trinajstić information content (AvgIpc) is 2.35. The molecule has 1 heterocycles. The molecule has 0 bridgehead atoms. The van der Waals surface area contributed by atoms with Crippen LogP contribution >= 0.6 is 0 Å². The van der Waals surface area contributed by atoms with Gasteiger partial charge < -0.3 is 10.6 Å². The Kier molecular flexibility index (Phi) is 1.68. The highest BCUT2D eigenvalue weighted by Crippen LogP contribution is 2.02. The van der Waals surface area contributed by atoms with E-state index >= 15 is 0 Å². The fraction of sp³-hybridized carbons (Fsp3) is 0.857. The summed E-state index contributed by atoms with van der Waals surface area (Å²) in [6.07, 6.45) is 0. The Morgan fingerprint density at radius 2 is 2.10 bits per heavy atom. The molecule has 0 radical (unpaired) electrons. The molecule has 1 amide bonds. The molecule has 1 unspecified atom stereocenters. The summed E-state index contributed by atoms with van der Waals surface area (Å²) in [5, 5.41) is 5.82. The minimum absolute atomic E-state index is 0.0826. The van der Waals surface area contributed by atoms with Crippen LogP contribution in [0.4, 0.5) is 0 Å². The highest BCUT2D eigenvalue weighted by Gasteiger charge is 2.30. The van der Waals surface area contributed by atoms with E-state index in [4.69, 9.17) is 0 Å². The molecule has 10 heavy (non-hydrogen) atoms. The maximum absolute atomic E-state index is 11.0. The minimum atomic E-state index is -0.0959. The smallest absolute Gasteiger partial charge is 0.238 e. The van der Waals surface area contributed by atoms with Gasteiger partial charge in [0.15, 0.2) is 0 Å². The Bertz CT molecular complexity index is 144. The van der Waals surface area contributed by atoms with Crippen LogP contribution in [0.2, 0.25) is 0 Å². The molecular formula is C7H14N2O. The first-order valence-corrected chi connectivity index (χ1v) is 3.54. The fourth-order valence-electron chi connectivity index (χ4n) is 0.701. The van der Waals surface area contributed by atoms with Crippen LogP contribution < -0.4 is 10.6 Å². The Morgan fingerprint density at radius 3 is 2.40 bits per heavy atom. The molecule has 1 aliphatic rings. The van der Waals surface area contributed by atoms with Crippen LogP contribution in [-0.2, 0) is 4.79 Å². The molecule has 3 nitrogen and oxygen atoms in total. The number of rotatable bonds is 1. The van der Waals surface area contributed by atoms with Crippen molar-refractivity contribution in [3.05, 3.63) is 0 Å². The zero-order valence-corrected chi connectivity index (χ0v) is 6.69. The van der Waals surface area contributed by atoms with Gasteiger partial charge in [-0.15, -0.1) is 0 Å². The lowest BCUT2D eigenvalue weighted by Gasteiger charge is -2.19. The van der Waals surface area contributed by atoms with Crippen LogP contribution in [0.15, 0.2) is 0 Å². The second-order valence-electron chi connectivity index (χ2n) is 3.70. The molecule has 2 N–H and O–H groups in total. The maximum atomic E-state index is 11.0. The van der Waals surface area contributed by atoms with E-state index in [2.05, 4.69) is 10.6 Å². The first-order valence-electron chi connectivity index (χ1n) is 3.54. The van der Waals surface area contributed by atoms with Crippen LogP contribution in [0.25, 0.3) is 0 Å². The molecule has 0 aromatic rings. The van der Waals surface area contributed by atoms with E-state index in [-0.39, 0.29) is 17.5 Å². The molecule has 1 atom stereocenters. The molecule has 1 saturated heterocycles. The normalized spacial score (nSPS) is 24.1. The number of carbonyl (C=O) groups excluding carboxylic acids is 1. The van der Waals surface area contributed by atoms with Gasteiger partial charge in [-0.25, -0.2) is 0 Å². The van der Waals surface area contributed by atoms with Gasteiger partial charge in [-0.05, 0) is 20.8 Å². The molecular weight excluding hydrogens is 128 g/mol. The lowest BCUT2D eigenvalue weighted by atomic mass is 10.1. The Hall–Kier alpha value is -0.570. The van der Waals surface area contributed by atoms with Gasteiger partial charge in [-0.3, -0.25) is 4.79 Å². The van der Waals surface area contributed by atoms with Crippen molar-refractivity contribution >= 4 is 5.91 Å². The minimum Gasteiger partial charge on any atom is -0.350 e. The van der Waals surface area contributed by atoms with Gasteiger partial charge in [-0.1, -0.05) is 0 Å². The van der Waals surface area contributed by atoms with Crippen LogP contribution in [0, 0.1) is 0 Å². The van der Waals surface area contributed by atoms with E-state index in [1.807, 2.05) is 20.8 Å². The summed E-state index contributed by atoms with van der Waals surface area (Å²) in [6, 6.07) is 0.0826. The predicted octanol–water partition coefficient (Wildman–Crippen LogP) is -0.127. The van der Waals surface area contributed by atoms with Crippen molar-refractivity contribution in [2.75, 3.05) is 6.54 Å². The van der Waals surface area contributed by atoms with E-state index in [0.717, 1.165) is 6.54 Å². The first-order chi connectivity index (χ1) is 4.49. The monoisotopic (exact) mass is 142 g/mol. The van der Waals surface area contributed by atoms with Gasteiger partial charge >= 0.3 is 0 Å². The summed E-state index contributed by atoms with van der Waals surface area (Å²) in [5.74, 6) is 0.118. The standard InChI is InChI=1S/C7H14N2O/c1-7(2,3)9-6(10)5-4-8-5/h5,8H,4H2,1-3H3,(H,9,10). The third kappa shape index (κ3) is 2.35. The van der Waals surface area contributed by atoms with Gasteiger partial charge in [-0.2, -0.15) is 0 Å². The SMILES string of the molecule is CC(C)(C)NC(=O)C1CN1. The summed E-state index contributed by atoms with van der Waals surface area (Å²) < 4.78 is 0. The zero-order chi connectivity index (χ0) is 7.78. The molecule has 0 saturated carbocycles. The van der Waals surface area contributed by atoms with Crippen LogP contribution in [0.3, 0.4) is 0 Å². The van der Waals surface area contributed by atoms with Gasteiger partial charge in [0.05, 0.1) is 6.04 Å². The lowest BCUT2D eigenvalue weighted by Crippen LogP contribution is -2.43. The van der Waals surface area contributed by atoms with Crippen molar-refractivity contribution in [2.24, 2.45) is 0 Å². The summed E-state index contributed by atoms with van der Waals surface area (Å²) in [4.78, 5) is 11.0. The van der Waals surface area contributed by atoms with Crippen molar-refractivity contribution in [3.8, 4) is 0 Å². The number of hydrogen-bond donors (Lipinski definition) is 2. The number of hydrogen-bond acceptors (Lipinski definition) is 2. The van der Waals surface area contributed by atoms with E-state index in [0.29, 0.717) is 0 Å². The second kappa shape index (κ2) is 2.23. The Labute approximate surface area is 61.2 Å². The molecule has 0 aliphatic carbocycles. The van der Waals surface area contributed by atoms with E-state index < -0.39 is 0 Å². The first kappa shape index (κ1) is 7.54. The fourth-order valence-corrected chi connectivity index (χ4v) is 0.701. The van der Waals surface area contributed by atoms with Gasteiger partial charge in [0, 0.05) is 12.1 Å². The van der Waals surface area contributed by atoms with Crippen molar-refractivity contribution in [3.63, 3.8) is 0 Å². The third-order valence-corrected chi connectivity index (χ3v) is 1.22. The Morgan fingerprint density at radius 1 is 1.60 bits per heavy atom. The molecule has 1 rings (SSSR count). The largest absolute Gasteiger partial charge is 0.350 e. The number of carbonyl (C=O) groups is 1. The highest BCUT2D eigenvalue weighted by atomic mass is 16.2. The van der Waals surface area contributed by atoms with Crippen LogP contribution in [0.5, 0.6) is 0 Å². The van der Waals surface area contributed by atoms with Crippen LogP contribution in [-0.4, -0.2) is 24.0 Å². The maximum Gasteiger partial charge on any atom is 0.238 e. The summed E-state index contributed by atoms with van der Waals surface area (Å²) >= 11 is 0. The average molecular weight is 142 g/mol. The molecule has 0 aromatic carbocycles. The second-order valence-corrected chi connectivity index (χ2v) is 3.70. The van der Waals surface area contributed by atoms with Crippen molar-refractivity contribution in [1.29, 1.82) is 0 Å². The summed E-state index contributed by atoms with van der Waals surface area (Å²) in [5.41, 5.74) is -0.0959. The van der Waals surface area contributed by atoms with Crippen molar-refractivity contribution in [2.45, 2.75) is 32.4 Å². The van der Waals surface area contributed by atoms with Crippen LogP contribution in [0.1, 0.15) is 20.8 Å². The topological polar surface area (TPSA) is 51.0 Å². The van der Waals surface area contributed by atoms with E-state index in [1.54, 1.807) is 0 Å². The zero-order valence-electron chi connectivity index (χ0n) is 6.69. The summed E-state index contributed by atoms with van der Waals surface area (Å²) in [6.45, 7) is 6.77. The van der Waals surface area contributed by atoms with Crippen molar-refractivity contribution in [1.82, 2.24) is 10.6 Å². The van der Waals surface area contributed by atoms with E-state index in [9.17, 15) is 4.79 Å². The molecule has 0 aromatic heterocycles. The molecule has 3 heteroatoms.